The van der Waals surface area contributed by atoms with Gasteiger partial charge in [0, 0.05) is 16.3 Å². The summed E-state index contributed by atoms with van der Waals surface area (Å²) in [7, 11) is 0. The van der Waals surface area contributed by atoms with Gasteiger partial charge in [-0.1, -0.05) is 17.7 Å². The van der Waals surface area contributed by atoms with Gasteiger partial charge in [0.25, 0.3) is 5.91 Å². The van der Waals surface area contributed by atoms with Crippen LogP contribution in [0, 0.1) is 0 Å². The summed E-state index contributed by atoms with van der Waals surface area (Å²) < 4.78 is 11.4. The molecule has 0 heterocycles. The second-order valence-electron chi connectivity index (χ2n) is 6.23. The molecule has 1 amide bonds. The van der Waals surface area contributed by atoms with E-state index in [0.29, 0.717) is 33.5 Å². The zero-order valence-electron chi connectivity index (χ0n) is 15.1. The average molecular weight is 382 g/mol. The highest BCUT2D eigenvalue weighted by Gasteiger charge is 2.08. The van der Waals surface area contributed by atoms with Gasteiger partial charge in [-0.05, 0) is 80.6 Å². The first kappa shape index (κ1) is 18.8. The third kappa shape index (κ3) is 5.50. The Labute approximate surface area is 163 Å². The third-order valence-electron chi connectivity index (χ3n) is 3.63. The van der Waals surface area contributed by atoms with Gasteiger partial charge in [-0.25, -0.2) is 0 Å². The van der Waals surface area contributed by atoms with E-state index in [9.17, 15) is 4.79 Å². The molecule has 1 N–H and O–H groups in total. The highest BCUT2D eigenvalue weighted by Crippen LogP contribution is 2.24. The normalized spacial score (nSPS) is 10.5. The molecule has 3 aromatic rings. The molecule has 0 aromatic heterocycles. The van der Waals surface area contributed by atoms with Crippen molar-refractivity contribution >= 4 is 23.2 Å². The summed E-state index contributed by atoms with van der Waals surface area (Å²) >= 11 is 5.87. The minimum atomic E-state index is -0.199. The van der Waals surface area contributed by atoms with Gasteiger partial charge in [0.05, 0.1) is 6.10 Å². The van der Waals surface area contributed by atoms with E-state index in [1.807, 2.05) is 19.9 Å². The number of halogens is 1. The Hall–Kier alpha value is -2.98. The van der Waals surface area contributed by atoms with Crippen LogP contribution in [0.3, 0.4) is 0 Å². The molecule has 5 heteroatoms. The van der Waals surface area contributed by atoms with Gasteiger partial charge < -0.3 is 14.8 Å². The van der Waals surface area contributed by atoms with Gasteiger partial charge in [-0.2, -0.15) is 0 Å². The maximum absolute atomic E-state index is 12.4. The average Bonchev–Trinajstić information content (AvgIpc) is 2.65. The first-order valence-electron chi connectivity index (χ1n) is 8.61. The molecule has 27 heavy (non-hydrogen) atoms. The minimum Gasteiger partial charge on any atom is -0.491 e. The Bertz CT molecular complexity index is 906. The maximum atomic E-state index is 12.4. The van der Waals surface area contributed by atoms with Crippen LogP contribution in [0.4, 0.5) is 5.69 Å². The van der Waals surface area contributed by atoms with Gasteiger partial charge >= 0.3 is 0 Å². The molecule has 3 aromatic carbocycles. The van der Waals surface area contributed by atoms with E-state index in [-0.39, 0.29) is 12.0 Å². The summed E-state index contributed by atoms with van der Waals surface area (Å²) in [5.41, 5.74) is 1.22. The molecule has 0 radical (unpaired) electrons. The number of hydrogen-bond donors (Lipinski definition) is 1. The number of benzene rings is 3. The van der Waals surface area contributed by atoms with Crippen LogP contribution in [0.25, 0.3) is 0 Å². The van der Waals surface area contributed by atoms with Gasteiger partial charge in [0.2, 0.25) is 0 Å². The molecular formula is C22H20ClNO3. The van der Waals surface area contributed by atoms with E-state index in [4.69, 9.17) is 21.1 Å². The van der Waals surface area contributed by atoms with E-state index in [1.54, 1.807) is 66.7 Å². The number of hydrogen-bond acceptors (Lipinski definition) is 3. The topological polar surface area (TPSA) is 47.6 Å². The second kappa shape index (κ2) is 8.60. The Balaban J connectivity index is 1.64. The number of rotatable bonds is 6. The molecule has 138 valence electrons. The summed E-state index contributed by atoms with van der Waals surface area (Å²) in [5, 5.41) is 3.53. The fourth-order valence-electron chi connectivity index (χ4n) is 2.43. The van der Waals surface area contributed by atoms with Crippen molar-refractivity contribution in [1.82, 2.24) is 0 Å². The molecule has 0 fully saturated rings. The number of carbonyl (C=O) groups is 1. The van der Waals surface area contributed by atoms with Gasteiger partial charge in [0.1, 0.15) is 17.2 Å². The molecule has 0 spiro atoms. The smallest absolute Gasteiger partial charge is 0.255 e. The first-order chi connectivity index (χ1) is 13.0. The lowest BCUT2D eigenvalue weighted by atomic mass is 10.2. The highest BCUT2D eigenvalue weighted by molar-refractivity contribution is 6.30. The Morgan fingerprint density at radius 2 is 1.52 bits per heavy atom. The zero-order valence-corrected chi connectivity index (χ0v) is 15.9. The molecule has 0 atom stereocenters. The van der Waals surface area contributed by atoms with Crippen LogP contribution < -0.4 is 14.8 Å². The van der Waals surface area contributed by atoms with Gasteiger partial charge in [-0.15, -0.1) is 0 Å². The van der Waals surface area contributed by atoms with Crippen LogP contribution in [-0.2, 0) is 0 Å². The molecular weight excluding hydrogens is 362 g/mol. The summed E-state index contributed by atoms with van der Waals surface area (Å²) in [6.07, 6.45) is 0.0523. The second-order valence-corrected chi connectivity index (χ2v) is 6.67. The standard InChI is InChI=1S/C22H20ClNO3/c1-15(2)26-21-5-3-4-16(14-21)22(25)24-18-8-12-20(13-9-18)27-19-10-6-17(23)7-11-19/h3-15H,1-2H3,(H,24,25). The van der Waals surface area contributed by atoms with Crippen molar-refractivity contribution in [2.75, 3.05) is 5.32 Å². The number of amides is 1. The lowest BCUT2D eigenvalue weighted by Gasteiger charge is -2.11. The van der Waals surface area contributed by atoms with Crippen molar-refractivity contribution < 1.29 is 14.3 Å². The lowest BCUT2D eigenvalue weighted by Crippen LogP contribution is -2.12. The number of carbonyl (C=O) groups excluding carboxylic acids is 1. The molecule has 0 bridgehead atoms. The Morgan fingerprint density at radius 1 is 0.889 bits per heavy atom. The van der Waals surface area contributed by atoms with Crippen molar-refractivity contribution in [3.8, 4) is 17.2 Å². The quantitative estimate of drug-likeness (QED) is 0.555. The first-order valence-corrected chi connectivity index (χ1v) is 8.99. The van der Waals surface area contributed by atoms with Crippen molar-refractivity contribution in [2.24, 2.45) is 0 Å². The summed E-state index contributed by atoms with van der Waals surface area (Å²) in [6.45, 7) is 3.89. The van der Waals surface area contributed by atoms with Gasteiger partial charge in [0.15, 0.2) is 0 Å². The highest BCUT2D eigenvalue weighted by atomic mass is 35.5. The van der Waals surface area contributed by atoms with Crippen molar-refractivity contribution in [1.29, 1.82) is 0 Å². The molecule has 0 saturated carbocycles. The van der Waals surface area contributed by atoms with E-state index in [2.05, 4.69) is 5.32 Å². The molecule has 3 rings (SSSR count). The van der Waals surface area contributed by atoms with E-state index >= 15 is 0 Å². The lowest BCUT2D eigenvalue weighted by molar-refractivity contribution is 0.102. The van der Waals surface area contributed by atoms with E-state index in [0.717, 1.165) is 0 Å². The minimum absolute atomic E-state index is 0.0523. The molecule has 0 unspecified atom stereocenters. The number of ether oxygens (including phenoxy) is 2. The van der Waals surface area contributed by atoms with Crippen LogP contribution >= 0.6 is 11.6 Å². The van der Waals surface area contributed by atoms with Gasteiger partial charge in [-0.3, -0.25) is 4.79 Å². The van der Waals surface area contributed by atoms with Crippen molar-refractivity contribution in [3.63, 3.8) is 0 Å². The van der Waals surface area contributed by atoms with Crippen LogP contribution in [0.5, 0.6) is 17.2 Å². The monoisotopic (exact) mass is 381 g/mol. The predicted octanol–water partition coefficient (Wildman–Crippen LogP) is 6.17. The summed E-state index contributed by atoms with van der Waals surface area (Å²) in [4.78, 5) is 12.4. The summed E-state index contributed by atoms with van der Waals surface area (Å²) in [6, 6.07) is 21.4. The maximum Gasteiger partial charge on any atom is 0.255 e. The zero-order chi connectivity index (χ0) is 19.2. The Kier molecular flexibility index (Phi) is 5.99. The molecule has 0 saturated heterocycles. The third-order valence-corrected chi connectivity index (χ3v) is 3.88. The van der Waals surface area contributed by atoms with E-state index < -0.39 is 0 Å². The van der Waals surface area contributed by atoms with Crippen molar-refractivity contribution in [2.45, 2.75) is 20.0 Å². The largest absolute Gasteiger partial charge is 0.491 e. The van der Waals surface area contributed by atoms with Crippen LogP contribution in [0.15, 0.2) is 72.8 Å². The summed E-state index contributed by atoms with van der Waals surface area (Å²) in [5.74, 6) is 1.83. The fourth-order valence-corrected chi connectivity index (χ4v) is 2.56. The van der Waals surface area contributed by atoms with Crippen LogP contribution in [-0.4, -0.2) is 12.0 Å². The predicted molar refractivity (Wildman–Crippen MR) is 108 cm³/mol. The van der Waals surface area contributed by atoms with Crippen molar-refractivity contribution in [3.05, 3.63) is 83.4 Å². The molecule has 0 aliphatic rings. The molecule has 0 aliphatic heterocycles. The Morgan fingerprint density at radius 3 is 2.15 bits per heavy atom. The number of nitrogens with one attached hydrogen (secondary N) is 1. The molecule has 4 nitrogen and oxygen atoms in total. The fraction of sp³-hybridized carbons (Fsp3) is 0.136. The number of anilines is 1. The SMILES string of the molecule is CC(C)Oc1cccc(C(=O)Nc2ccc(Oc3ccc(Cl)cc3)cc2)c1. The molecule has 0 aliphatic carbocycles. The van der Waals surface area contributed by atoms with Crippen LogP contribution in [0.2, 0.25) is 5.02 Å². The van der Waals surface area contributed by atoms with E-state index in [1.165, 1.54) is 0 Å². The van der Waals surface area contributed by atoms with Crippen LogP contribution in [0.1, 0.15) is 24.2 Å².